The van der Waals surface area contributed by atoms with Crippen molar-refractivity contribution >= 4 is 28.5 Å². The highest BCUT2D eigenvalue weighted by Gasteiger charge is 2.15. The molecule has 7 heteroatoms. The molecule has 0 atom stereocenters. The van der Waals surface area contributed by atoms with Crippen molar-refractivity contribution in [2.45, 2.75) is 12.8 Å². The predicted molar refractivity (Wildman–Crippen MR) is 70.5 cm³/mol. The van der Waals surface area contributed by atoms with Gasteiger partial charge in [-0.15, -0.1) is 0 Å². The summed E-state index contributed by atoms with van der Waals surface area (Å²) in [6.45, 7) is 0. The number of aliphatic carboxylic acids is 2. The maximum atomic E-state index is 10.8. The van der Waals surface area contributed by atoms with Crippen molar-refractivity contribution in [3.63, 3.8) is 0 Å². The molecule has 0 amide bonds. The van der Waals surface area contributed by atoms with Gasteiger partial charge in [0.2, 0.25) is 0 Å². The first-order chi connectivity index (χ1) is 9.38. The van der Waals surface area contributed by atoms with Gasteiger partial charge in [0.25, 0.3) is 0 Å². The van der Waals surface area contributed by atoms with E-state index in [1.54, 1.807) is 0 Å². The molecule has 1 aromatic heterocycles. The Kier molecular flexibility index (Phi) is 3.43. The number of carboxylic acids is 2. The van der Waals surface area contributed by atoms with Gasteiger partial charge in [-0.25, -0.2) is 4.98 Å². The summed E-state index contributed by atoms with van der Waals surface area (Å²) < 4.78 is 0. The number of phenols is 1. The van der Waals surface area contributed by atoms with E-state index >= 15 is 0 Å². The molecule has 0 bridgehead atoms. The molecule has 0 aliphatic carbocycles. The van der Waals surface area contributed by atoms with E-state index in [9.17, 15) is 14.7 Å². The van der Waals surface area contributed by atoms with Crippen LogP contribution >= 0.6 is 0 Å². The second kappa shape index (κ2) is 5.04. The highest BCUT2D eigenvalue weighted by atomic mass is 16.4. The lowest BCUT2D eigenvalue weighted by molar-refractivity contribution is -0.137. The number of nitrogen functional groups attached to an aromatic ring is 1. The second-order valence-corrected chi connectivity index (χ2v) is 4.31. The minimum Gasteiger partial charge on any atom is -0.506 e. The van der Waals surface area contributed by atoms with Gasteiger partial charge in [-0.1, -0.05) is 0 Å². The van der Waals surface area contributed by atoms with E-state index in [1.165, 1.54) is 18.2 Å². The molecular formula is C13H12N2O5. The summed E-state index contributed by atoms with van der Waals surface area (Å²) in [5.74, 6) is -2.37. The Labute approximate surface area is 113 Å². The number of pyridine rings is 1. The number of nitrogens with zero attached hydrogens (tertiary/aromatic N) is 1. The van der Waals surface area contributed by atoms with Gasteiger partial charge in [0.05, 0.1) is 18.5 Å². The van der Waals surface area contributed by atoms with E-state index in [0.29, 0.717) is 11.1 Å². The van der Waals surface area contributed by atoms with Crippen LogP contribution in [0.15, 0.2) is 18.2 Å². The Morgan fingerprint density at radius 3 is 2.40 bits per heavy atom. The highest BCUT2D eigenvalue weighted by molar-refractivity contribution is 5.95. The van der Waals surface area contributed by atoms with Crippen molar-refractivity contribution in [2.75, 3.05) is 5.73 Å². The van der Waals surface area contributed by atoms with Gasteiger partial charge >= 0.3 is 11.9 Å². The number of rotatable bonds is 4. The third kappa shape index (κ3) is 2.61. The lowest BCUT2D eigenvalue weighted by atomic mass is 10.0. The lowest BCUT2D eigenvalue weighted by Gasteiger charge is -2.10. The van der Waals surface area contributed by atoms with Crippen LogP contribution in [0.2, 0.25) is 0 Å². The molecule has 2 aromatic rings. The molecule has 0 saturated carbocycles. The largest absolute Gasteiger partial charge is 0.506 e. The summed E-state index contributed by atoms with van der Waals surface area (Å²) in [6.07, 6.45) is -0.784. The van der Waals surface area contributed by atoms with Gasteiger partial charge in [-0.3, -0.25) is 9.59 Å². The molecule has 7 nitrogen and oxygen atoms in total. The normalized spacial score (nSPS) is 10.6. The fourth-order valence-electron chi connectivity index (χ4n) is 1.96. The smallest absolute Gasteiger partial charge is 0.309 e. The van der Waals surface area contributed by atoms with Crippen molar-refractivity contribution in [2.24, 2.45) is 0 Å². The molecule has 0 radical (unpaired) electrons. The lowest BCUT2D eigenvalue weighted by Crippen LogP contribution is -2.10. The molecule has 0 saturated heterocycles. The van der Waals surface area contributed by atoms with Crippen LogP contribution in [0.1, 0.15) is 11.3 Å². The second-order valence-electron chi connectivity index (χ2n) is 4.31. The van der Waals surface area contributed by atoms with Crippen LogP contribution in [0, 0.1) is 0 Å². The predicted octanol–water partition coefficient (Wildman–Crippen LogP) is 0.777. The maximum absolute atomic E-state index is 10.8. The number of benzene rings is 1. The number of hydrogen-bond acceptors (Lipinski definition) is 5. The quantitative estimate of drug-likeness (QED) is 0.478. The Hall–Kier alpha value is -2.83. The Morgan fingerprint density at radius 2 is 1.80 bits per heavy atom. The molecule has 1 heterocycles. The zero-order valence-electron chi connectivity index (χ0n) is 10.3. The van der Waals surface area contributed by atoms with Gasteiger partial charge in [0.1, 0.15) is 11.3 Å². The SMILES string of the molecule is Nc1ccc(O)c2nc(CC(=O)O)c(CC(=O)O)cc12. The van der Waals surface area contributed by atoms with Crippen LogP contribution in [-0.2, 0) is 22.4 Å². The highest BCUT2D eigenvalue weighted by Crippen LogP contribution is 2.29. The van der Waals surface area contributed by atoms with Crippen LogP contribution in [0.3, 0.4) is 0 Å². The fraction of sp³-hybridized carbons (Fsp3) is 0.154. The van der Waals surface area contributed by atoms with Crippen molar-refractivity contribution < 1.29 is 24.9 Å². The van der Waals surface area contributed by atoms with Gasteiger partial charge in [0, 0.05) is 11.1 Å². The van der Waals surface area contributed by atoms with E-state index in [-0.39, 0.29) is 28.9 Å². The van der Waals surface area contributed by atoms with E-state index in [0.717, 1.165) is 0 Å². The number of aromatic hydroxyl groups is 1. The third-order valence-electron chi connectivity index (χ3n) is 2.83. The first kappa shape index (κ1) is 13.6. The number of carbonyl (C=O) groups is 2. The minimum atomic E-state index is -1.13. The maximum Gasteiger partial charge on any atom is 0.309 e. The zero-order chi connectivity index (χ0) is 14.9. The standard InChI is InChI=1S/C13H12N2O5/c14-8-1-2-10(16)13-7(8)3-6(4-11(17)18)9(15-13)5-12(19)20/h1-3,16H,4-5,14H2,(H,17,18)(H,19,20). The van der Waals surface area contributed by atoms with Crippen molar-refractivity contribution in [3.05, 3.63) is 29.5 Å². The Morgan fingerprint density at radius 1 is 1.15 bits per heavy atom. The molecule has 0 aliphatic rings. The minimum absolute atomic E-state index is 0.105. The Bertz CT molecular complexity index is 651. The molecule has 2 rings (SSSR count). The summed E-state index contributed by atoms with van der Waals surface area (Å²) in [5.41, 5.74) is 6.63. The number of carboxylic acid groups (broad SMARTS) is 2. The third-order valence-corrected chi connectivity index (χ3v) is 2.83. The summed E-state index contributed by atoms with van der Waals surface area (Å²) in [7, 11) is 0. The van der Waals surface area contributed by atoms with Crippen molar-refractivity contribution in [1.82, 2.24) is 4.98 Å². The van der Waals surface area contributed by atoms with Crippen molar-refractivity contribution in [1.29, 1.82) is 0 Å². The van der Waals surface area contributed by atoms with Gasteiger partial charge < -0.3 is 21.1 Å². The first-order valence-electron chi connectivity index (χ1n) is 5.72. The van der Waals surface area contributed by atoms with Crippen molar-refractivity contribution in [3.8, 4) is 5.75 Å². The number of anilines is 1. The summed E-state index contributed by atoms with van der Waals surface area (Å²) in [4.78, 5) is 25.7. The average molecular weight is 276 g/mol. The molecule has 0 aliphatic heterocycles. The van der Waals surface area contributed by atoms with E-state index < -0.39 is 18.4 Å². The molecule has 1 aromatic carbocycles. The molecule has 20 heavy (non-hydrogen) atoms. The molecule has 104 valence electrons. The van der Waals surface area contributed by atoms with Gasteiger partial charge in [0.15, 0.2) is 0 Å². The average Bonchev–Trinajstić information content (AvgIpc) is 2.34. The fourth-order valence-corrected chi connectivity index (χ4v) is 1.96. The number of aromatic nitrogens is 1. The van der Waals surface area contributed by atoms with Crippen LogP contribution in [0.5, 0.6) is 5.75 Å². The van der Waals surface area contributed by atoms with Crippen LogP contribution in [-0.4, -0.2) is 32.2 Å². The van der Waals surface area contributed by atoms with Crippen LogP contribution < -0.4 is 5.73 Å². The van der Waals surface area contributed by atoms with Crippen LogP contribution in [0.25, 0.3) is 10.9 Å². The first-order valence-corrected chi connectivity index (χ1v) is 5.72. The van der Waals surface area contributed by atoms with E-state index in [2.05, 4.69) is 4.98 Å². The zero-order valence-corrected chi connectivity index (χ0v) is 10.3. The molecule has 0 spiro atoms. The number of fused-ring (bicyclic) bond motifs is 1. The monoisotopic (exact) mass is 276 g/mol. The summed E-state index contributed by atoms with van der Waals surface area (Å²) in [5, 5.41) is 27.9. The Balaban J connectivity index is 2.70. The number of hydrogen-bond donors (Lipinski definition) is 4. The molecule has 0 unspecified atom stereocenters. The topological polar surface area (TPSA) is 134 Å². The molecule has 5 N–H and O–H groups in total. The molecular weight excluding hydrogens is 264 g/mol. The number of phenolic OH excluding ortho intramolecular Hbond substituents is 1. The summed E-state index contributed by atoms with van der Waals surface area (Å²) in [6, 6.07) is 4.29. The van der Waals surface area contributed by atoms with Gasteiger partial charge in [-0.2, -0.15) is 0 Å². The number of nitrogens with two attached hydrogens (primary N) is 1. The van der Waals surface area contributed by atoms with Crippen LogP contribution in [0.4, 0.5) is 5.69 Å². The van der Waals surface area contributed by atoms with Gasteiger partial charge in [-0.05, 0) is 23.8 Å². The molecule has 0 fully saturated rings. The van der Waals surface area contributed by atoms with E-state index in [1.807, 2.05) is 0 Å². The summed E-state index contributed by atoms with van der Waals surface area (Å²) >= 11 is 0. The van der Waals surface area contributed by atoms with E-state index in [4.69, 9.17) is 15.9 Å².